The maximum Gasteiger partial charge on any atom is 0.424 e. The molecular formula is C16H21BrINO4. The Morgan fingerprint density at radius 2 is 1.43 bits per heavy atom. The smallest absolute Gasteiger partial charge is 0.424 e. The maximum atomic E-state index is 12.5. The van der Waals surface area contributed by atoms with Crippen molar-refractivity contribution in [1.82, 2.24) is 0 Å². The lowest BCUT2D eigenvalue weighted by Crippen LogP contribution is -2.44. The highest BCUT2D eigenvalue weighted by Crippen LogP contribution is 2.30. The molecule has 5 nitrogen and oxygen atoms in total. The normalized spacial score (nSPS) is 11.8. The van der Waals surface area contributed by atoms with Crippen LogP contribution in [-0.2, 0) is 9.47 Å². The van der Waals surface area contributed by atoms with E-state index in [9.17, 15) is 9.59 Å². The predicted molar refractivity (Wildman–Crippen MR) is 102 cm³/mol. The summed E-state index contributed by atoms with van der Waals surface area (Å²) in [5.74, 6) is 0. The highest BCUT2D eigenvalue weighted by molar-refractivity contribution is 14.1. The van der Waals surface area contributed by atoms with E-state index < -0.39 is 23.4 Å². The van der Waals surface area contributed by atoms with Crippen molar-refractivity contribution in [2.45, 2.75) is 52.7 Å². The van der Waals surface area contributed by atoms with E-state index in [2.05, 4.69) is 38.5 Å². The summed E-state index contributed by atoms with van der Waals surface area (Å²) >= 11 is 5.53. The molecule has 0 aliphatic heterocycles. The molecule has 2 amide bonds. The summed E-state index contributed by atoms with van der Waals surface area (Å²) in [7, 11) is 0. The first kappa shape index (κ1) is 20.2. The highest BCUT2D eigenvalue weighted by Gasteiger charge is 2.33. The number of nitrogens with zero attached hydrogens (tertiary/aromatic N) is 1. The van der Waals surface area contributed by atoms with E-state index in [1.807, 2.05) is 0 Å². The molecule has 0 aromatic heterocycles. The minimum atomic E-state index is -0.784. The number of imide groups is 1. The van der Waals surface area contributed by atoms with Gasteiger partial charge in [0, 0.05) is 8.04 Å². The molecule has 0 aliphatic carbocycles. The van der Waals surface area contributed by atoms with Gasteiger partial charge in [-0.2, -0.15) is 4.90 Å². The summed E-state index contributed by atoms with van der Waals surface area (Å²) in [4.78, 5) is 25.9. The number of rotatable bonds is 1. The fourth-order valence-corrected chi connectivity index (χ4v) is 3.02. The molecular weight excluding hydrogens is 477 g/mol. The van der Waals surface area contributed by atoms with Gasteiger partial charge in [-0.15, -0.1) is 0 Å². The van der Waals surface area contributed by atoms with Gasteiger partial charge in [0.1, 0.15) is 11.2 Å². The fourth-order valence-electron chi connectivity index (χ4n) is 1.55. The van der Waals surface area contributed by atoms with Crippen LogP contribution < -0.4 is 4.90 Å². The Kier molecular flexibility index (Phi) is 6.48. The molecule has 0 heterocycles. The first-order valence-electron chi connectivity index (χ1n) is 7.01. The molecule has 0 spiro atoms. The SMILES string of the molecule is CC(C)(C)OC(=O)N(C(=O)OC(C)(C)C)c1ccc(I)cc1Br. The van der Waals surface area contributed by atoms with Crippen LogP contribution in [0.25, 0.3) is 0 Å². The first-order chi connectivity index (χ1) is 10.3. The standard InChI is InChI=1S/C16H21BrINO4/c1-15(2,3)22-13(20)19(14(21)23-16(4,5)6)12-8-7-10(18)9-11(12)17/h7-9H,1-6H3. The van der Waals surface area contributed by atoms with Crippen LogP contribution in [0.1, 0.15) is 41.5 Å². The van der Waals surface area contributed by atoms with Gasteiger partial charge in [-0.25, -0.2) is 9.59 Å². The van der Waals surface area contributed by atoms with Crippen LogP contribution in [0.2, 0.25) is 0 Å². The topological polar surface area (TPSA) is 55.8 Å². The molecule has 1 aromatic carbocycles. The molecule has 128 valence electrons. The summed E-state index contributed by atoms with van der Waals surface area (Å²) in [5, 5.41) is 0. The third-order valence-corrected chi connectivity index (χ3v) is 3.61. The third-order valence-electron chi connectivity index (χ3n) is 2.30. The number of anilines is 1. The van der Waals surface area contributed by atoms with Crippen LogP contribution in [0.5, 0.6) is 0 Å². The number of halogens is 2. The van der Waals surface area contributed by atoms with Crippen LogP contribution in [0.4, 0.5) is 15.3 Å². The molecule has 0 saturated carbocycles. The van der Waals surface area contributed by atoms with Crippen LogP contribution in [-0.4, -0.2) is 23.4 Å². The van der Waals surface area contributed by atoms with Gasteiger partial charge in [-0.1, -0.05) is 0 Å². The quantitative estimate of drug-likeness (QED) is 0.465. The Morgan fingerprint density at radius 1 is 1.00 bits per heavy atom. The Morgan fingerprint density at radius 3 is 1.78 bits per heavy atom. The van der Waals surface area contributed by atoms with E-state index in [1.54, 1.807) is 59.7 Å². The van der Waals surface area contributed by atoms with E-state index in [0.717, 1.165) is 8.47 Å². The molecule has 0 aliphatic rings. The number of hydrogen-bond acceptors (Lipinski definition) is 4. The fraction of sp³-hybridized carbons (Fsp3) is 0.500. The summed E-state index contributed by atoms with van der Waals surface area (Å²) in [6.07, 6.45) is -1.57. The molecule has 0 saturated heterocycles. The largest absolute Gasteiger partial charge is 0.443 e. The maximum absolute atomic E-state index is 12.5. The Balaban J connectivity index is 3.25. The van der Waals surface area contributed by atoms with Gasteiger partial charge >= 0.3 is 12.2 Å². The lowest BCUT2D eigenvalue weighted by atomic mass is 10.2. The van der Waals surface area contributed by atoms with Crippen molar-refractivity contribution in [2.75, 3.05) is 4.90 Å². The zero-order chi connectivity index (χ0) is 18.0. The van der Waals surface area contributed by atoms with Crippen LogP contribution in [0.15, 0.2) is 22.7 Å². The molecule has 0 bridgehead atoms. The van der Waals surface area contributed by atoms with Crippen molar-refractivity contribution in [3.05, 3.63) is 26.2 Å². The minimum Gasteiger partial charge on any atom is -0.443 e. The molecule has 0 atom stereocenters. The number of carbonyl (C=O) groups excluding carboxylic acids is 2. The van der Waals surface area contributed by atoms with Crippen molar-refractivity contribution < 1.29 is 19.1 Å². The summed E-state index contributed by atoms with van der Waals surface area (Å²) in [6, 6.07) is 5.26. The van der Waals surface area contributed by atoms with E-state index in [4.69, 9.17) is 9.47 Å². The van der Waals surface area contributed by atoms with Crippen molar-refractivity contribution >= 4 is 56.4 Å². The summed E-state index contributed by atoms with van der Waals surface area (Å²) < 4.78 is 12.2. The lowest BCUT2D eigenvalue weighted by Gasteiger charge is -2.29. The molecule has 0 unspecified atom stereocenters. The van der Waals surface area contributed by atoms with Gasteiger partial charge in [0.25, 0.3) is 0 Å². The molecule has 0 fully saturated rings. The minimum absolute atomic E-state index is 0.369. The van der Waals surface area contributed by atoms with Crippen molar-refractivity contribution in [1.29, 1.82) is 0 Å². The Labute approximate surface area is 159 Å². The summed E-state index contributed by atoms with van der Waals surface area (Å²) in [5.41, 5.74) is -1.09. The number of carbonyl (C=O) groups is 2. The van der Waals surface area contributed by atoms with Crippen LogP contribution in [0.3, 0.4) is 0 Å². The Hall–Kier alpha value is -0.830. The molecule has 0 radical (unpaired) electrons. The molecule has 7 heteroatoms. The van der Waals surface area contributed by atoms with Gasteiger partial charge in [0.05, 0.1) is 5.69 Å². The predicted octanol–water partition coefficient (Wildman–Crippen LogP) is 5.73. The zero-order valence-electron chi connectivity index (χ0n) is 14.1. The average Bonchev–Trinajstić information content (AvgIpc) is 2.27. The average molecular weight is 498 g/mol. The van der Waals surface area contributed by atoms with E-state index in [1.165, 1.54) is 0 Å². The van der Waals surface area contributed by atoms with Gasteiger partial charge in [0.2, 0.25) is 0 Å². The van der Waals surface area contributed by atoms with Gasteiger partial charge in [0.15, 0.2) is 0 Å². The van der Waals surface area contributed by atoms with E-state index in [-0.39, 0.29) is 0 Å². The number of benzene rings is 1. The van der Waals surface area contributed by atoms with Crippen molar-refractivity contribution in [3.63, 3.8) is 0 Å². The van der Waals surface area contributed by atoms with Gasteiger partial charge < -0.3 is 9.47 Å². The summed E-state index contributed by atoms with van der Waals surface area (Å²) in [6.45, 7) is 10.4. The first-order valence-corrected chi connectivity index (χ1v) is 8.88. The highest BCUT2D eigenvalue weighted by atomic mass is 127. The molecule has 23 heavy (non-hydrogen) atoms. The molecule has 1 rings (SSSR count). The number of ether oxygens (including phenoxy) is 2. The lowest BCUT2D eigenvalue weighted by molar-refractivity contribution is 0.0430. The Bertz CT molecular complexity index is 577. The second-order valence-corrected chi connectivity index (χ2v) is 8.99. The number of amides is 2. The second-order valence-electron chi connectivity index (χ2n) is 6.89. The van der Waals surface area contributed by atoms with Gasteiger partial charge in [-0.3, -0.25) is 0 Å². The zero-order valence-corrected chi connectivity index (χ0v) is 17.8. The number of hydrogen-bond donors (Lipinski definition) is 0. The van der Waals surface area contributed by atoms with Crippen LogP contribution >= 0.6 is 38.5 Å². The van der Waals surface area contributed by atoms with Gasteiger partial charge in [-0.05, 0) is 98.3 Å². The third kappa shape index (κ3) is 6.66. The second kappa shape index (κ2) is 7.38. The van der Waals surface area contributed by atoms with Crippen molar-refractivity contribution in [2.24, 2.45) is 0 Å². The van der Waals surface area contributed by atoms with E-state index in [0.29, 0.717) is 10.2 Å². The molecule has 1 aromatic rings. The van der Waals surface area contributed by atoms with Crippen molar-refractivity contribution in [3.8, 4) is 0 Å². The van der Waals surface area contributed by atoms with Crippen LogP contribution in [0, 0.1) is 3.57 Å². The molecule has 0 N–H and O–H groups in total. The monoisotopic (exact) mass is 497 g/mol. The van der Waals surface area contributed by atoms with E-state index >= 15 is 0 Å².